The van der Waals surface area contributed by atoms with Gasteiger partial charge in [-0.3, -0.25) is 0 Å². The smallest absolute Gasteiger partial charge is 0.157 e. The second-order valence-corrected chi connectivity index (χ2v) is 6.55. The lowest BCUT2D eigenvalue weighted by molar-refractivity contribution is -0.162. The summed E-state index contributed by atoms with van der Waals surface area (Å²) < 4.78 is 11.3. The van der Waals surface area contributed by atoms with E-state index in [4.69, 9.17) is 9.47 Å². The van der Waals surface area contributed by atoms with Gasteiger partial charge < -0.3 is 9.47 Å². The van der Waals surface area contributed by atoms with Crippen LogP contribution in [0.25, 0.3) is 0 Å². The molecule has 1 saturated heterocycles. The number of rotatable bonds is 14. The number of hydrogen-bond donors (Lipinski definition) is 0. The minimum atomic E-state index is 0.0928. The predicted octanol–water partition coefficient (Wildman–Crippen LogP) is 6.56. The first-order valence-corrected chi connectivity index (χ1v) is 9.98. The lowest BCUT2D eigenvalue weighted by Crippen LogP contribution is -2.22. The lowest BCUT2D eigenvalue weighted by Gasteiger charge is -2.22. The van der Waals surface area contributed by atoms with E-state index in [9.17, 15) is 0 Å². The molecule has 23 heavy (non-hydrogen) atoms. The van der Waals surface area contributed by atoms with Gasteiger partial charge in [-0.05, 0) is 44.9 Å². The minimum Gasteiger partial charge on any atom is -0.353 e. The summed E-state index contributed by atoms with van der Waals surface area (Å²) in [6.07, 6.45) is 25.6. The molecule has 0 amide bonds. The van der Waals surface area contributed by atoms with E-state index in [-0.39, 0.29) is 6.29 Å². The predicted molar refractivity (Wildman–Crippen MR) is 99.7 cm³/mol. The lowest BCUT2D eigenvalue weighted by atomic mass is 10.1. The van der Waals surface area contributed by atoms with Gasteiger partial charge in [0.05, 0.1) is 0 Å². The van der Waals surface area contributed by atoms with Crippen LogP contribution in [-0.4, -0.2) is 19.5 Å². The van der Waals surface area contributed by atoms with Crippen LogP contribution in [0.4, 0.5) is 0 Å². The molecule has 0 N–H and O–H groups in total. The molecule has 1 unspecified atom stereocenters. The average molecular weight is 323 g/mol. The van der Waals surface area contributed by atoms with Crippen molar-refractivity contribution in [2.45, 2.75) is 96.7 Å². The summed E-state index contributed by atoms with van der Waals surface area (Å²) in [5, 5.41) is 0. The standard InChI is InChI=1S/C21H38O2/c1-2-3-4-5-6-7-8-9-10-11-12-13-14-16-19-22-21-18-15-17-20-23-21/h3-6,21H,2,7-20H2,1H3. The molecule has 1 atom stereocenters. The highest BCUT2D eigenvalue weighted by molar-refractivity contribution is 5.01. The van der Waals surface area contributed by atoms with Crippen LogP contribution in [0.15, 0.2) is 24.3 Å². The highest BCUT2D eigenvalue weighted by atomic mass is 16.7. The Hall–Kier alpha value is -0.600. The summed E-state index contributed by atoms with van der Waals surface area (Å²) in [7, 11) is 0. The van der Waals surface area contributed by atoms with Gasteiger partial charge in [-0.25, -0.2) is 0 Å². The molecule has 0 aliphatic carbocycles. The normalized spacial score (nSPS) is 19.1. The van der Waals surface area contributed by atoms with Crippen LogP contribution in [0.2, 0.25) is 0 Å². The fourth-order valence-corrected chi connectivity index (χ4v) is 2.87. The topological polar surface area (TPSA) is 18.5 Å². The SMILES string of the molecule is CCC=CC=CCCCCCCCCCCOC1CCCCO1. The Morgan fingerprint density at radius 3 is 2.26 bits per heavy atom. The summed E-state index contributed by atoms with van der Waals surface area (Å²) >= 11 is 0. The van der Waals surface area contributed by atoms with Gasteiger partial charge in [0, 0.05) is 13.2 Å². The summed E-state index contributed by atoms with van der Waals surface area (Å²) in [6, 6.07) is 0. The maximum Gasteiger partial charge on any atom is 0.157 e. The van der Waals surface area contributed by atoms with Crippen LogP contribution < -0.4 is 0 Å². The Balaban J connectivity index is 1.73. The first kappa shape index (κ1) is 20.4. The molecule has 1 rings (SSSR count). The van der Waals surface area contributed by atoms with Crippen LogP contribution >= 0.6 is 0 Å². The summed E-state index contributed by atoms with van der Waals surface area (Å²) in [5.41, 5.74) is 0. The highest BCUT2D eigenvalue weighted by Gasteiger charge is 2.13. The third-order valence-electron chi connectivity index (χ3n) is 4.33. The Morgan fingerprint density at radius 2 is 1.57 bits per heavy atom. The molecule has 2 heteroatoms. The van der Waals surface area contributed by atoms with Gasteiger partial charge >= 0.3 is 0 Å². The van der Waals surface area contributed by atoms with Crippen molar-refractivity contribution in [2.75, 3.05) is 13.2 Å². The van der Waals surface area contributed by atoms with E-state index in [1.807, 2.05) is 0 Å². The molecule has 0 aromatic heterocycles. The van der Waals surface area contributed by atoms with E-state index in [0.29, 0.717) is 0 Å². The molecule has 134 valence electrons. The van der Waals surface area contributed by atoms with Crippen molar-refractivity contribution in [3.05, 3.63) is 24.3 Å². The maximum absolute atomic E-state index is 5.76. The largest absolute Gasteiger partial charge is 0.353 e. The first-order valence-electron chi connectivity index (χ1n) is 9.98. The Morgan fingerprint density at radius 1 is 0.870 bits per heavy atom. The van der Waals surface area contributed by atoms with Crippen molar-refractivity contribution < 1.29 is 9.47 Å². The molecule has 0 radical (unpaired) electrons. The van der Waals surface area contributed by atoms with Gasteiger partial charge in [0.25, 0.3) is 0 Å². The zero-order valence-electron chi connectivity index (χ0n) is 15.3. The van der Waals surface area contributed by atoms with E-state index < -0.39 is 0 Å². The van der Waals surface area contributed by atoms with E-state index in [2.05, 4.69) is 31.2 Å². The van der Waals surface area contributed by atoms with Crippen molar-refractivity contribution in [3.63, 3.8) is 0 Å². The molecule has 1 heterocycles. The molecule has 1 aliphatic heterocycles. The second kappa shape index (κ2) is 16.3. The molecule has 0 spiro atoms. The van der Waals surface area contributed by atoms with Crippen molar-refractivity contribution in [3.8, 4) is 0 Å². The Kier molecular flexibility index (Phi) is 14.5. The number of ether oxygens (including phenoxy) is 2. The van der Waals surface area contributed by atoms with Gasteiger partial charge in [-0.15, -0.1) is 0 Å². The van der Waals surface area contributed by atoms with Crippen molar-refractivity contribution >= 4 is 0 Å². The fraction of sp³-hybridized carbons (Fsp3) is 0.810. The van der Waals surface area contributed by atoms with Crippen molar-refractivity contribution in [1.82, 2.24) is 0 Å². The summed E-state index contributed by atoms with van der Waals surface area (Å²) in [5.74, 6) is 0. The Labute approximate surface area is 144 Å². The maximum atomic E-state index is 5.76. The van der Waals surface area contributed by atoms with E-state index >= 15 is 0 Å². The zero-order valence-corrected chi connectivity index (χ0v) is 15.3. The van der Waals surface area contributed by atoms with E-state index in [1.165, 1.54) is 70.6 Å². The van der Waals surface area contributed by atoms with Crippen LogP contribution in [0.1, 0.15) is 90.4 Å². The van der Waals surface area contributed by atoms with Gasteiger partial charge in [-0.2, -0.15) is 0 Å². The van der Waals surface area contributed by atoms with Crippen LogP contribution in [0, 0.1) is 0 Å². The number of hydrogen-bond acceptors (Lipinski definition) is 2. The molecule has 0 aromatic carbocycles. The van der Waals surface area contributed by atoms with Crippen LogP contribution in [0.5, 0.6) is 0 Å². The molecule has 1 fully saturated rings. The van der Waals surface area contributed by atoms with Crippen molar-refractivity contribution in [2.24, 2.45) is 0 Å². The fourth-order valence-electron chi connectivity index (χ4n) is 2.87. The highest BCUT2D eigenvalue weighted by Crippen LogP contribution is 2.15. The van der Waals surface area contributed by atoms with Crippen LogP contribution in [0.3, 0.4) is 0 Å². The minimum absolute atomic E-state index is 0.0928. The van der Waals surface area contributed by atoms with E-state index in [1.54, 1.807) is 0 Å². The summed E-state index contributed by atoms with van der Waals surface area (Å²) in [4.78, 5) is 0. The monoisotopic (exact) mass is 322 g/mol. The first-order chi connectivity index (χ1) is 11.4. The van der Waals surface area contributed by atoms with Crippen LogP contribution in [-0.2, 0) is 9.47 Å². The van der Waals surface area contributed by atoms with E-state index in [0.717, 1.165) is 26.1 Å². The van der Waals surface area contributed by atoms with Gasteiger partial charge in [0.15, 0.2) is 6.29 Å². The average Bonchev–Trinajstić information content (AvgIpc) is 2.59. The molecule has 2 nitrogen and oxygen atoms in total. The number of allylic oxidation sites excluding steroid dienone is 4. The van der Waals surface area contributed by atoms with Gasteiger partial charge in [-0.1, -0.05) is 69.8 Å². The zero-order chi connectivity index (χ0) is 16.4. The molecular formula is C21H38O2. The molecule has 0 saturated carbocycles. The number of unbranched alkanes of at least 4 members (excludes halogenated alkanes) is 8. The molecular weight excluding hydrogens is 284 g/mol. The van der Waals surface area contributed by atoms with Gasteiger partial charge in [0.1, 0.15) is 0 Å². The summed E-state index contributed by atoms with van der Waals surface area (Å²) in [6.45, 7) is 3.93. The molecule has 0 aromatic rings. The van der Waals surface area contributed by atoms with Crippen molar-refractivity contribution in [1.29, 1.82) is 0 Å². The molecule has 0 bridgehead atoms. The third-order valence-corrected chi connectivity index (χ3v) is 4.33. The quantitative estimate of drug-likeness (QED) is 0.266. The second-order valence-electron chi connectivity index (χ2n) is 6.55. The Bertz CT molecular complexity index is 290. The molecule has 1 aliphatic rings. The van der Waals surface area contributed by atoms with Gasteiger partial charge in [0.2, 0.25) is 0 Å². The third kappa shape index (κ3) is 13.5.